The molecule has 2 aromatic rings. The Balaban J connectivity index is 1.82. The van der Waals surface area contributed by atoms with E-state index in [4.69, 9.17) is 4.74 Å². The highest BCUT2D eigenvalue weighted by Crippen LogP contribution is 2.32. The third kappa shape index (κ3) is 3.68. The highest BCUT2D eigenvalue weighted by molar-refractivity contribution is 7.92. The van der Waals surface area contributed by atoms with Crippen LogP contribution in [0.25, 0.3) is 0 Å². The van der Waals surface area contributed by atoms with Crippen molar-refractivity contribution < 1.29 is 17.9 Å². The Morgan fingerprint density at radius 1 is 1.04 bits per heavy atom. The van der Waals surface area contributed by atoms with Crippen LogP contribution in [-0.2, 0) is 14.8 Å². The molecule has 0 bridgehead atoms. The number of amides is 1. The first-order valence-electron chi connectivity index (χ1n) is 7.56. The van der Waals surface area contributed by atoms with Gasteiger partial charge >= 0.3 is 0 Å². The number of benzene rings is 2. The second-order valence-corrected chi connectivity index (χ2v) is 7.27. The van der Waals surface area contributed by atoms with E-state index < -0.39 is 10.0 Å². The minimum absolute atomic E-state index is 0.0382. The van der Waals surface area contributed by atoms with Crippen molar-refractivity contribution in [1.82, 2.24) is 0 Å². The second-order valence-electron chi connectivity index (χ2n) is 5.59. The number of carbonyl (C=O) groups excluding carboxylic acids is 1. The van der Waals surface area contributed by atoms with Crippen molar-refractivity contribution in [2.45, 2.75) is 17.7 Å². The molecule has 2 N–H and O–H groups in total. The largest absolute Gasteiger partial charge is 0.497 e. The Labute approximate surface area is 140 Å². The van der Waals surface area contributed by atoms with Gasteiger partial charge in [-0.3, -0.25) is 9.52 Å². The van der Waals surface area contributed by atoms with E-state index in [1.807, 2.05) is 0 Å². The molecule has 7 heteroatoms. The summed E-state index contributed by atoms with van der Waals surface area (Å²) >= 11 is 0. The van der Waals surface area contributed by atoms with Crippen LogP contribution in [0.15, 0.2) is 53.4 Å². The van der Waals surface area contributed by atoms with Gasteiger partial charge in [-0.05, 0) is 49.2 Å². The zero-order valence-corrected chi connectivity index (χ0v) is 14.0. The summed E-state index contributed by atoms with van der Waals surface area (Å²) in [5.74, 6) is 0.536. The van der Waals surface area contributed by atoms with Crippen molar-refractivity contribution in [3.63, 3.8) is 0 Å². The van der Waals surface area contributed by atoms with Crippen molar-refractivity contribution in [2.75, 3.05) is 17.1 Å². The van der Waals surface area contributed by atoms with Crippen molar-refractivity contribution in [2.24, 2.45) is 5.92 Å². The Bertz CT molecular complexity index is 843. The van der Waals surface area contributed by atoms with Crippen molar-refractivity contribution in [1.29, 1.82) is 0 Å². The van der Waals surface area contributed by atoms with Gasteiger partial charge in [-0.2, -0.15) is 0 Å². The molecule has 1 saturated carbocycles. The number of methoxy groups -OCH3 is 1. The number of ether oxygens (including phenoxy) is 1. The molecule has 24 heavy (non-hydrogen) atoms. The SMILES string of the molecule is COc1ccc(S(=O)(=O)Nc2ccccc2NC(=O)C2CC2)cc1. The molecule has 3 rings (SSSR count). The van der Waals surface area contributed by atoms with Crippen molar-refractivity contribution in [3.05, 3.63) is 48.5 Å². The molecule has 0 atom stereocenters. The molecule has 0 radical (unpaired) electrons. The summed E-state index contributed by atoms with van der Waals surface area (Å²) < 4.78 is 32.6. The van der Waals surface area contributed by atoms with Gasteiger partial charge in [-0.25, -0.2) is 8.42 Å². The van der Waals surface area contributed by atoms with Crippen LogP contribution in [0.4, 0.5) is 11.4 Å². The average Bonchev–Trinajstić information content (AvgIpc) is 3.41. The number of nitrogens with one attached hydrogen (secondary N) is 2. The first kappa shape index (κ1) is 16.3. The summed E-state index contributed by atoms with van der Waals surface area (Å²) in [4.78, 5) is 12.0. The standard InChI is InChI=1S/C17H18N2O4S/c1-23-13-8-10-14(11-9-13)24(21,22)19-16-5-3-2-4-15(16)18-17(20)12-6-7-12/h2-5,8-12,19H,6-7H2,1H3,(H,18,20). The summed E-state index contributed by atoms with van der Waals surface area (Å²) in [7, 11) is -2.24. The normalized spacial score (nSPS) is 14.0. The average molecular weight is 346 g/mol. The minimum Gasteiger partial charge on any atom is -0.497 e. The summed E-state index contributed by atoms with van der Waals surface area (Å²) in [5, 5.41) is 2.78. The Morgan fingerprint density at radius 2 is 1.67 bits per heavy atom. The number of rotatable bonds is 6. The molecular weight excluding hydrogens is 328 g/mol. The highest BCUT2D eigenvalue weighted by atomic mass is 32.2. The van der Waals surface area contributed by atoms with Crippen molar-refractivity contribution in [3.8, 4) is 5.75 Å². The van der Waals surface area contributed by atoms with Crippen LogP contribution in [0.1, 0.15) is 12.8 Å². The molecule has 0 spiro atoms. The molecular formula is C17H18N2O4S. The van der Waals surface area contributed by atoms with Gasteiger partial charge in [0.1, 0.15) is 5.75 Å². The van der Waals surface area contributed by atoms with Crippen LogP contribution >= 0.6 is 0 Å². The summed E-state index contributed by atoms with van der Waals surface area (Å²) in [6.45, 7) is 0. The molecule has 0 aliphatic heterocycles. The number of hydrogen-bond acceptors (Lipinski definition) is 4. The lowest BCUT2D eigenvalue weighted by molar-refractivity contribution is -0.117. The van der Waals surface area contributed by atoms with Gasteiger partial charge in [0.05, 0.1) is 23.4 Å². The molecule has 0 aromatic heterocycles. The van der Waals surface area contributed by atoms with Crippen LogP contribution in [0, 0.1) is 5.92 Å². The maximum atomic E-state index is 12.5. The van der Waals surface area contributed by atoms with Gasteiger partial charge in [-0.15, -0.1) is 0 Å². The molecule has 2 aromatic carbocycles. The maximum absolute atomic E-state index is 12.5. The van der Waals surface area contributed by atoms with Gasteiger partial charge in [0.2, 0.25) is 5.91 Å². The molecule has 1 fully saturated rings. The Morgan fingerprint density at radius 3 is 2.25 bits per heavy atom. The predicted molar refractivity (Wildman–Crippen MR) is 91.6 cm³/mol. The third-order valence-electron chi connectivity index (χ3n) is 3.75. The van der Waals surface area contributed by atoms with Crippen LogP contribution in [-0.4, -0.2) is 21.4 Å². The second kappa shape index (κ2) is 6.52. The summed E-state index contributed by atoms with van der Waals surface area (Å²) in [6, 6.07) is 12.8. The number of hydrogen-bond donors (Lipinski definition) is 2. The fraction of sp³-hybridized carbons (Fsp3) is 0.235. The third-order valence-corrected chi connectivity index (χ3v) is 5.13. The van der Waals surface area contributed by atoms with Gasteiger partial charge in [0.25, 0.3) is 10.0 Å². The molecule has 1 aliphatic carbocycles. The van der Waals surface area contributed by atoms with Crippen LogP contribution in [0.2, 0.25) is 0 Å². The molecule has 0 unspecified atom stereocenters. The van der Waals surface area contributed by atoms with E-state index in [-0.39, 0.29) is 16.7 Å². The predicted octanol–water partition coefficient (Wildman–Crippen LogP) is 2.84. The van der Waals surface area contributed by atoms with E-state index in [1.54, 1.807) is 36.4 Å². The lowest BCUT2D eigenvalue weighted by atomic mass is 10.2. The van der Waals surface area contributed by atoms with E-state index in [9.17, 15) is 13.2 Å². The maximum Gasteiger partial charge on any atom is 0.261 e. The smallest absolute Gasteiger partial charge is 0.261 e. The summed E-state index contributed by atoms with van der Waals surface area (Å²) in [5.41, 5.74) is 0.786. The van der Waals surface area contributed by atoms with Gasteiger partial charge in [-0.1, -0.05) is 12.1 Å². The number of sulfonamides is 1. The molecule has 0 saturated heterocycles. The Hall–Kier alpha value is -2.54. The fourth-order valence-electron chi connectivity index (χ4n) is 2.22. The van der Waals surface area contributed by atoms with Gasteiger partial charge in [0, 0.05) is 5.92 Å². The molecule has 126 valence electrons. The van der Waals surface area contributed by atoms with Gasteiger partial charge < -0.3 is 10.1 Å². The van der Waals surface area contributed by atoms with E-state index >= 15 is 0 Å². The fourth-order valence-corrected chi connectivity index (χ4v) is 3.30. The quantitative estimate of drug-likeness (QED) is 0.842. The molecule has 1 amide bonds. The molecule has 0 heterocycles. The van der Waals surface area contributed by atoms with E-state index in [0.29, 0.717) is 17.1 Å². The van der Waals surface area contributed by atoms with Crippen LogP contribution < -0.4 is 14.8 Å². The summed E-state index contributed by atoms with van der Waals surface area (Å²) in [6.07, 6.45) is 1.76. The van der Waals surface area contributed by atoms with Crippen molar-refractivity contribution >= 4 is 27.3 Å². The Kier molecular flexibility index (Phi) is 4.44. The minimum atomic E-state index is -3.76. The highest BCUT2D eigenvalue weighted by Gasteiger charge is 2.30. The monoisotopic (exact) mass is 346 g/mol. The first-order chi connectivity index (χ1) is 11.5. The zero-order valence-electron chi connectivity index (χ0n) is 13.2. The van der Waals surface area contributed by atoms with Crippen LogP contribution in [0.3, 0.4) is 0 Å². The van der Waals surface area contributed by atoms with E-state index in [1.165, 1.54) is 19.2 Å². The topological polar surface area (TPSA) is 84.5 Å². The first-order valence-corrected chi connectivity index (χ1v) is 9.05. The van der Waals surface area contributed by atoms with E-state index in [2.05, 4.69) is 10.0 Å². The number of carbonyl (C=O) groups is 1. The number of anilines is 2. The molecule has 1 aliphatic rings. The zero-order chi connectivity index (χ0) is 17.2. The van der Waals surface area contributed by atoms with E-state index in [0.717, 1.165) is 12.8 Å². The van der Waals surface area contributed by atoms with Crippen LogP contribution in [0.5, 0.6) is 5.75 Å². The lowest BCUT2D eigenvalue weighted by Crippen LogP contribution is -2.17. The molecule has 6 nitrogen and oxygen atoms in total. The number of para-hydroxylation sites is 2. The lowest BCUT2D eigenvalue weighted by Gasteiger charge is -2.13. The van der Waals surface area contributed by atoms with Gasteiger partial charge in [0.15, 0.2) is 0 Å².